The number of ether oxygens (including phenoxy) is 1. The van der Waals surface area contributed by atoms with Crippen molar-refractivity contribution in [2.45, 2.75) is 13.0 Å². The lowest BCUT2D eigenvalue weighted by Gasteiger charge is -2.19. The lowest BCUT2D eigenvalue weighted by molar-refractivity contribution is 0.0941. The number of rotatable bonds is 9. The number of fused-ring (bicyclic) bond motifs is 1. The first-order valence-corrected chi connectivity index (χ1v) is 14.4. The summed E-state index contributed by atoms with van der Waals surface area (Å²) < 4.78 is 5.55. The number of nitrogens with zero attached hydrogens (tertiary/aromatic N) is 2. The van der Waals surface area contributed by atoms with Crippen LogP contribution in [-0.4, -0.2) is 28.4 Å². The van der Waals surface area contributed by atoms with Gasteiger partial charge in [-0.25, -0.2) is 0 Å². The molecule has 0 fully saturated rings. The quantitative estimate of drug-likeness (QED) is 0.186. The average molecular weight is 579 g/mol. The van der Waals surface area contributed by atoms with Gasteiger partial charge >= 0.3 is 0 Å². The largest absolute Gasteiger partial charge is 0.494 e. The fourth-order valence-corrected chi connectivity index (χ4v) is 5.09. The standard InChI is InChI=1S/C37H30N4O3/c1-2-44-30-19-16-25(17-20-30)31-12-6-7-13-32(31)37(43)40-29-18-15-27-22-28(24-39-34(27)23-29)36(42)41-35(26-10-4-3-5-11-26)33-14-8-9-21-38-33/h3-24,35H,2H2,1H3,(H,40,43)(H,41,42). The molecule has 0 aliphatic rings. The predicted molar refractivity (Wildman–Crippen MR) is 173 cm³/mol. The molecule has 1 unspecified atom stereocenters. The first-order valence-electron chi connectivity index (χ1n) is 14.4. The Labute approximate surface area is 255 Å². The van der Waals surface area contributed by atoms with E-state index in [4.69, 9.17) is 4.74 Å². The first kappa shape index (κ1) is 28.3. The topological polar surface area (TPSA) is 93.2 Å². The maximum absolute atomic E-state index is 13.4. The molecule has 7 heteroatoms. The molecule has 0 aliphatic heterocycles. The highest BCUT2D eigenvalue weighted by Gasteiger charge is 2.19. The number of carbonyl (C=O) groups excluding carboxylic acids is 2. The molecular weight excluding hydrogens is 548 g/mol. The molecule has 2 aromatic heterocycles. The summed E-state index contributed by atoms with van der Waals surface area (Å²) in [4.78, 5) is 35.8. The molecule has 2 N–H and O–H groups in total. The molecule has 0 radical (unpaired) electrons. The SMILES string of the molecule is CCOc1ccc(-c2ccccc2C(=O)Nc2ccc3cc(C(=O)NC(c4ccccc4)c4ccccn4)cnc3c2)cc1. The second-order valence-electron chi connectivity index (χ2n) is 10.2. The summed E-state index contributed by atoms with van der Waals surface area (Å²) in [6.07, 6.45) is 3.26. The van der Waals surface area contributed by atoms with Gasteiger partial charge in [0, 0.05) is 29.0 Å². The van der Waals surface area contributed by atoms with Gasteiger partial charge in [0.1, 0.15) is 5.75 Å². The van der Waals surface area contributed by atoms with Crippen molar-refractivity contribution in [3.8, 4) is 16.9 Å². The van der Waals surface area contributed by atoms with Gasteiger partial charge in [-0.3, -0.25) is 19.6 Å². The first-order chi connectivity index (χ1) is 21.6. The Kier molecular flexibility index (Phi) is 8.36. The van der Waals surface area contributed by atoms with E-state index in [1.165, 1.54) is 0 Å². The smallest absolute Gasteiger partial charge is 0.256 e. The van der Waals surface area contributed by atoms with Crippen LogP contribution in [0.15, 0.2) is 134 Å². The molecule has 6 aromatic rings. The third kappa shape index (κ3) is 6.32. The summed E-state index contributed by atoms with van der Waals surface area (Å²) in [5.74, 6) is 0.292. The third-order valence-corrected chi connectivity index (χ3v) is 7.24. The summed E-state index contributed by atoms with van der Waals surface area (Å²) in [5.41, 5.74) is 5.65. The molecule has 1 atom stereocenters. The molecule has 0 spiro atoms. The highest BCUT2D eigenvalue weighted by atomic mass is 16.5. The molecule has 0 bridgehead atoms. The Morgan fingerprint density at radius 3 is 2.32 bits per heavy atom. The Morgan fingerprint density at radius 2 is 1.55 bits per heavy atom. The summed E-state index contributed by atoms with van der Waals surface area (Å²) in [6.45, 7) is 2.53. The zero-order valence-corrected chi connectivity index (χ0v) is 24.1. The van der Waals surface area contributed by atoms with E-state index in [1.54, 1.807) is 30.6 Å². The maximum atomic E-state index is 13.4. The van der Waals surface area contributed by atoms with Crippen LogP contribution in [0.5, 0.6) is 5.75 Å². The van der Waals surface area contributed by atoms with E-state index in [1.807, 2.05) is 110 Å². The molecule has 216 valence electrons. The fraction of sp³-hybridized carbons (Fsp3) is 0.0811. The summed E-state index contributed by atoms with van der Waals surface area (Å²) in [6, 6.07) is 37.4. The molecule has 7 nitrogen and oxygen atoms in total. The summed E-state index contributed by atoms with van der Waals surface area (Å²) in [5, 5.41) is 6.89. The molecular formula is C37H30N4O3. The van der Waals surface area contributed by atoms with Gasteiger partial charge in [-0.15, -0.1) is 0 Å². The minimum atomic E-state index is -0.413. The second-order valence-corrected chi connectivity index (χ2v) is 10.2. The van der Waals surface area contributed by atoms with E-state index < -0.39 is 6.04 Å². The van der Waals surface area contributed by atoms with Gasteiger partial charge in [0.15, 0.2) is 0 Å². The van der Waals surface area contributed by atoms with Crippen molar-refractivity contribution in [2.24, 2.45) is 0 Å². The van der Waals surface area contributed by atoms with E-state index in [0.717, 1.165) is 33.5 Å². The van der Waals surface area contributed by atoms with Gasteiger partial charge in [0.2, 0.25) is 0 Å². The van der Waals surface area contributed by atoms with Gasteiger partial charge in [-0.05, 0) is 72.1 Å². The van der Waals surface area contributed by atoms with Gasteiger partial charge in [0.05, 0.1) is 29.4 Å². The summed E-state index contributed by atoms with van der Waals surface area (Å²) >= 11 is 0. The molecule has 44 heavy (non-hydrogen) atoms. The Balaban J connectivity index is 1.20. The number of pyridine rings is 2. The van der Waals surface area contributed by atoms with Crippen molar-refractivity contribution in [1.82, 2.24) is 15.3 Å². The molecule has 4 aromatic carbocycles. The van der Waals surface area contributed by atoms with Crippen LogP contribution >= 0.6 is 0 Å². The number of benzene rings is 4. The van der Waals surface area contributed by atoms with Crippen LogP contribution in [0.25, 0.3) is 22.0 Å². The Morgan fingerprint density at radius 1 is 0.773 bits per heavy atom. The van der Waals surface area contributed by atoms with Crippen LogP contribution in [-0.2, 0) is 0 Å². The molecule has 6 rings (SSSR count). The van der Waals surface area contributed by atoms with Gasteiger partial charge in [0.25, 0.3) is 11.8 Å². The number of anilines is 1. The molecule has 0 saturated carbocycles. The zero-order valence-electron chi connectivity index (χ0n) is 24.1. The zero-order chi connectivity index (χ0) is 30.3. The van der Waals surface area contributed by atoms with Crippen molar-refractivity contribution in [3.05, 3.63) is 156 Å². The highest BCUT2D eigenvalue weighted by molar-refractivity contribution is 6.09. The van der Waals surface area contributed by atoms with E-state index in [-0.39, 0.29) is 11.8 Å². The Hall–Kier alpha value is -5.82. The molecule has 2 heterocycles. The monoisotopic (exact) mass is 578 g/mol. The number of carbonyl (C=O) groups is 2. The molecule has 0 aliphatic carbocycles. The van der Waals surface area contributed by atoms with E-state index in [0.29, 0.717) is 28.9 Å². The number of hydrogen-bond acceptors (Lipinski definition) is 5. The van der Waals surface area contributed by atoms with E-state index in [9.17, 15) is 9.59 Å². The van der Waals surface area contributed by atoms with Crippen molar-refractivity contribution in [1.29, 1.82) is 0 Å². The third-order valence-electron chi connectivity index (χ3n) is 7.24. The van der Waals surface area contributed by atoms with E-state index in [2.05, 4.69) is 20.6 Å². The molecule has 0 saturated heterocycles. The maximum Gasteiger partial charge on any atom is 0.256 e. The normalized spacial score (nSPS) is 11.5. The van der Waals surface area contributed by atoms with Crippen molar-refractivity contribution < 1.29 is 14.3 Å². The minimum absolute atomic E-state index is 0.230. The summed E-state index contributed by atoms with van der Waals surface area (Å²) in [7, 11) is 0. The predicted octanol–water partition coefficient (Wildman–Crippen LogP) is 7.47. The van der Waals surface area contributed by atoms with Crippen LogP contribution < -0.4 is 15.4 Å². The highest BCUT2D eigenvalue weighted by Crippen LogP contribution is 2.28. The van der Waals surface area contributed by atoms with Crippen LogP contribution in [0.1, 0.15) is 44.9 Å². The Bertz CT molecular complexity index is 1870. The van der Waals surface area contributed by atoms with Crippen molar-refractivity contribution in [2.75, 3.05) is 11.9 Å². The number of hydrogen-bond donors (Lipinski definition) is 2. The van der Waals surface area contributed by atoms with Crippen molar-refractivity contribution in [3.63, 3.8) is 0 Å². The number of aromatic nitrogens is 2. The van der Waals surface area contributed by atoms with Crippen LogP contribution in [0.4, 0.5) is 5.69 Å². The van der Waals surface area contributed by atoms with Crippen LogP contribution in [0.2, 0.25) is 0 Å². The minimum Gasteiger partial charge on any atom is -0.494 e. The van der Waals surface area contributed by atoms with Gasteiger partial charge < -0.3 is 15.4 Å². The van der Waals surface area contributed by atoms with Crippen LogP contribution in [0, 0.1) is 0 Å². The second kappa shape index (κ2) is 13.0. The van der Waals surface area contributed by atoms with Gasteiger partial charge in [-0.2, -0.15) is 0 Å². The van der Waals surface area contributed by atoms with Crippen molar-refractivity contribution >= 4 is 28.4 Å². The molecule has 2 amide bonds. The lowest BCUT2D eigenvalue weighted by Crippen LogP contribution is -2.30. The number of amides is 2. The van der Waals surface area contributed by atoms with Crippen LogP contribution in [0.3, 0.4) is 0 Å². The van der Waals surface area contributed by atoms with Gasteiger partial charge in [-0.1, -0.05) is 72.8 Å². The average Bonchev–Trinajstić information content (AvgIpc) is 3.08. The fourth-order valence-electron chi connectivity index (χ4n) is 5.09. The lowest BCUT2D eigenvalue weighted by atomic mass is 9.99. The number of nitrogens with one attached hydrogen (secondary N) is 2. The van der Waals surface area contributed by atoms with E-state index >= 15 is 0 Å².